The summed E-state index contributed by atoms with van der Waals surface area (Å²) in [4.78, 5) is 30.7. The zero-order valence-corrected chi connectivity index (χ0v) is 25.5. The number of aliphatic carboxylic acids is 1. The minimum atomic E-state index is -3.92. The van der Waals surface area contributed by atoms with E-state index < -0.39 is 28.4 Å². The van der Waals surface area contributed by atoms with Crippen LogP contribution in [0, 0.1) is 5.41 Å². The predicted octanol–water partition coefficient (Wildman–Crippen LogP) is 2.80. The first-order valence-electron chi connectivity index (χ1n) is 14.2. The highest BCUT2D eigenvalue weighted by atomic mass is 32.2. The molecule has 1 amide bonds. The van der Waals surface area contributed by atoms with Crippen LogP contribution in [-0.4, -0.2) is 71.9 Å². The van der Waals surface area contributed by atoms with Gasteiger partial charge in [0.15, 0.2) is 0 Å². The summed E-state index contributed by atoms with van der Waals surface area (Å²) in [7, 11) is -3.92. The molecule has 6 N–H and O–H groups in total. The van der Waals surface area contributed by atoms with Crippen molar-refractivity contribution in [3.63, 3.8) is 0 Å². The SMILES string of the molecule is CCN(CC)CCc1ccccc1S(=O)(=O)Nc1ccc2c(c1)nc(Cc1ccc(C(=N)N)cc1)n2CC(=O)NCC(=O)O. The fourth-order valence-corrected chi connectivity index (χ4v) is 6.23. The van der Waals surface area contributed by atoms with Crippen molar-refractivity contribution in [2.24, 2.45) is 5.73 Å². The fraction of sp³-hybridized carbons (Fsp3) is 0.290. The van der Waals surface area contributed by atoms with Gasteiger partial charge in [0, 0.05) is 18.5 Å². The first kappa shape index (κ1) is 32.2. The van der Waals surface area contributed by atoms with Crippen molar-refractivity contribution in [3.05, 3.63) is 89.2 Å². The van der Waals surface area contributed by atoms with Crippen molar-refractivity contribution < 1.29 is 23.1 Å². The van der Waals surface area contributed by atoms with E-state index in [0.29, 0.717) is 41.0 Å². The van der Waals surface area contributed by atoms with Gasteiger partial charge in [-0.15, -0.1) is 0 Å². The van der Waals surface area contributed by atoms with Gasteiger partial charge < -0.3 is 25.6 Å². The lowest BCUT2D eigenvalue weighted by Gasteiger charge is -2.19. The lowest BCUT2D eigenvalue weighted by Crippen LogP contribution is -2.32. The number of carboxylic acid groups (broad SMARTS) is 1. The van der Waals surface area contributed by atoms with Crippen LogP contribution in [0.5, 0.6) is 0 Å². The zero-order valence-electron chi connectivity index (χ0n) is 24.7. The van der Waals surface area contributed by atoms with Gasteiger partial charge in [0.25, 0.3) is 10.0 Å². The molecule has 0 spiro atoms. The minimum Gasteiger partial charge on any atom is -0.480 e. The Morgan fingerprint density at radius 1 is 1.05 bits per heavy atom. The molecular formula is C31H37N7O5S. The third-order valence-electron chi connectivity index (χ3n) is 7.30. The number of rotatable bonds is 15. The number of nitrogens with two attached hydrogens (primary N) is 1. The number of carboxylic acids is 1. The number of likely N-dealkylation sites (N-methyl/N-ethyl adjacent to an activating group) is 1. The number of imidazole rings is 1. The molecule has 232 valence electrons. The van der Waals surface area contributed by atoms with E-state index >= 15 is 0 Å². The topological polar surface area (TPSA) is 183 Å². The number of hydrogen-bond donors (Lipinski definition) is 5. The number of anilines is 1. The van der Waals surface area contributed by atoms with Crippen LogP contribution in [0.4, 0.5) is 5.69 Å². The van der Waals surface area contributed by atoms with Gasteiger partial charge in [0.1, 0.15) is 24.7 Å². The molecule has 0 bridgehead atoms. The summed E-state index contributed by atoms with van der Waals surface area (Å²) in [5, 5.41) is 18.9. The molecule has 1 heterocycles. The summed E-state index contributed by atoms with van der Waals surface area (Å²) in [6.07, 6.45) is 0.906. The van der Waals surface area contributed by atoms with E-state index in [0.717, 1.165) is 30.8 Å². The molecule has 0 fully saturated rings. The Bertz CT molecular complexity index is 1760. The van der Waals surface area contributed by atoms with Crippen LogP contribution >= 0.6 is 0 Å². The van der Waals surface area contributed by atoms with Gasteiger partial charge in [-0.25, -0.2) is 13.4 Å². The maximum atomic E-state index is 13.5. The molecule has 0 saturated carbocycles. The summed E-state index contributed by atoms with van der Waals surface area (Å²) in [5.74, 6) is -1.21. The number of carbonyl (C=O) groups excluding carboxylic acids is 1. The molecule has 0 aliphatic carbocycles. The molecule has 13 heteroatoms. The highest BCUT2D eigenvalue weighted by Gasteiger charge is 2.21. The van der Waals surface area contributed by atoms with Crippen LogP contribution in [0.25, 0.3) is 11.0 Å². The van der Waals surface area contributed by atoms with Crippen LogP contribution in [0.15, 0.2) is 71.6 Å². The van der Waals surface area contributed by atoms with Crippen LogP contribution in [0.1, 0.15) is 36.4 Å². The van der Waals surface area contributed by atoms with E-state index in [9.17, 15) is 18.0 Å². The average molecular weight is 620 g/mol. The molecule has 12 nitrogen and oxygen atoms in total. The van der Waals surface area contributed by atoms with Crippen LogP contribution in [0.3, 0.4) is 0 Å². The Kier molecular flexibility index (Phi) is 10.3. The molecule has 3 aromatic carbocycles. The largest absolute Gasteiger partial charge is 0.480 e. The van der Waals surface area contributed by atoms with E-state index in [1.165, 1.54) is 0 Å². The van der Waals surface area contributed by atoms with Crippen LogP contribution in [0.2, 0.25) is 0 Å². The van der Waals surface area contributed by atoms with Crippen molar-refractivity contribution in [1.29, 1.82) is 5.41 Å². The third-order valence-corrected chi connectivity index (χ3v) is 8.78. The second kappa shape index (κ2) is 14.1. The van der Waals surface area contributed by atoms with Gasteiger partial charge in [-0.2, -0.15) is 0 Å². The minimum absolute atomic E-state index is 0.0552. The third kappa shape index (κ3) is 7.99. The number of nitrogens with one attached hydrogen (secondary N) is 3. The Morgan fingerprint density at radius 2 is 1.75 bits per heavy atom. The van der Waals surface area contributed by atoms with Crippen LogP contribution < -0.4 is 15.8 Å². The number of sulfonamides is 1. The quantitative estimate of drug-likeness (QED) is 0.0994. The van der Waals surface area contributed by atoms with E-state index in [-0.39, 0.29) is 17.3 Å². The second-order valence-corrected chi connectivity index (χ2v) is 11.9. The number of carbonyl (C=O) groups is 2. The standard InChI is InChI=1S/C31H37N7O5S/c1-3-37(4-2)16-15-22-7-5-6-8-27(22)44(42,43)36-24-13-14-26-25(18-24)35-28(38(26)20-29(39)34-19-30(40)41)17-21-9-11-23(12-10-21)31(32)33/h5-14,18,36H,3-4,15-17,19-20H2,1-2H3,(H3,32,33)(H,34,39)(H,40,41). The van der Waals surface area contributed by atoms with Crippen LogP contribution in [-0.2, 0) is 39.0 Å². The maximum absolute atomic E-state index is 13.5. The van der Waals surface area contributed by atoms with E-state index in [1.54, 1.807) is 47.0 Å². The number of nitrogens with zero attached hydrogens (tertiary/aromatic N) is 3. The lowest BCUT2D eigenvalue weighted by atomic mass is 10.1. The molecule has 44 heavy (non-hydrogen) atoms. The fourth-order valence-electron chi connectivity index (χ4n) is 4.91. The Morgan fingerprint density at radius 3 is 2.41 bits per heavy atom. The van der Waals surface area contributed by atoms with Crippen molar-refractivity contribution in [1.82, 2.24) is 19.8 Å². The first-order valence-corrected chi connectivity index (χ1v) is 15.7. The number of hydrogen-bond acceptors (Lipinski definition) is 7. The van der Waals surface area contributed by atoms with Crippen molar-refractivity contribution >= 4 is 44.5 Å². The summed E-state index contributed by atoms with van der Waals surface area (Å²) in [6.45, 7) is 5.94. The molecule has 0 atom stereocenters. The number of aromatic nitrogens is 2. The first-order chi connectivity index (χ1) is 21.0. The number of amides is 1. The number of nitrogen functional groups attached to an aromatic ring is 1. The Balaban J connectivity index is 1.65. The van der Waals surface area contributed by atoms with Crippen molar-refractivity contribution in [2.75, 3.05) is 30.9 Å². The number of fused-ring (bicyclic) bond motifs is 1. The number of benzene rings is 3. The summed E-state index contributed by atoms with van der Waals surface area (Å²) >= 11 is 0. The molecule has 0 saturated heterocycles. The molecule has 0 aliphatic rings. The average Bonchev–Trinajstić information content (AvgIpc) is 3.32. The lowest BCUT2D eigenvalue weighted by molar-refractivity contribution is -0.138. The van der Waals surface area contributed by atoms with Gasteiger partial charge in [-0.3, -0.25) is 19.7 Å². The normalized spacial score (nSPS) is 11.5. The Labute approximate surface area is 256 Å². The van der Waals surface area contributed by atoms with E-state index in [2.05, 4.69) is 28.8 Å². The second-order valence-electron chi connectivity index (χ2n) is 10.3. The van der Waals surface area contributed by atoms with Gasteiger partial charge in [-0.1, -0.05) is 56.3 Å². The molecule has 0 unspecified atom stereocenters. The molecule has 0 aliphatic heterocycles. The highest BCUT2D eigenvalue weighted by Crippen LogP contribution is 2.26. The van der Waals surface area contributed by atoms with Crippen molar-refractivity contribution in [3.8, 4) is 0 Å². The molecular weight excluding hydrogens is 582 g/mol. The monoisotopic (exact) mass is 619 g/mol. The molecule has 0 radical (unpaired) electrons. The van der Waals surface area contributed by atoms with Crippen molar-refractivity contribution in [2.45, 2.75) is 38.1 Å². The summed E-state index contributed by atoms with van der Waals surface area (Å²) in [5.41, 5.74) is 9.06. The van der Waals surface area contributed by atoms with Gasteiger partial charge in [0.05, 0.1) is 21.6 Å². The highest BCUT2D eigenvalue weighted by molar-refractivity contribution is 7.92. The smallest absolute Gasteiger partial charge is 0.322 e. The van der Waals surface area contributed by atoms with Gasteiger partial charge >= 0.3 is 5.97 Å². The summed E-state index contributed by atoms with van der Waals surface area (Å²) < 4.78 is 31.4. The van der Waals surface area contributed by atoms with Gasteiger partial charge in [-0.05, 0) is 54.9 Å². The van der Waals surface area contributed by atoms with Gasteiger partial charge in [0.2, 0.25) is 5.91 Å². The summed E-state index contributed by atoms with van der Waals surface area (Å²) in [6, 6.07) is 18.9. The maximum Gasteiger partial charge on any atom is 0.322 e. The zero-order chi connectivity index (χ0) is 31.9. The number of amidine groups is 1. The predicted molar refractivity (Wildman–Crippen MR) is 169 cm³/mol. The molecule has 4 rings (SSSR count). The molecule has 1 aromatic heterocycles. The van der Waals surface area contributed by atoms with E-state index in [4.69, 9.17) is 21.2 Å². The van der Waals surface area contributed by atoms with E-state index in [1.807, 2.05) is 24.3 Å². The Hall–Kier alpha value is -4.75. The molecule has 4 aromatic rings.